The van der Waals surface area contributed by atoms with Crippen molar-refractivity contribution in [1.29, 1.82) is 0 Å². The fraction of sp³-hybridized carbons (Fsp3) is 0.667. The van der Waals surface area contributed by atoms with Crippen LogP contribution < -0.4 is 10.6 Å². The average Bonchev–Trinajstić information content (AvgIpc) is 3.36. The van der Waals surface area contributed by atoms with Gasteiger partial charge in [-0.15, -0.1) is 0 Å². The Morgan fingerprint density at radius 3 is 2.56 bits per heavy atom. The number of rotatable bonds is 4. The molecule has 2 atom stereocenters. The molecular formula is C21H27N3O3. The van der Waals surface area contributed by atoms with Crippen molar-refractivity contribution >= 4 is 12.0 Å². The molecular weight excluding hydrogens is 342 g/mol. The number of carbonyl (C=O) groups is 2. The maximum absolute atomic E-state index is 12.9. The van der Waals surface area contributed by atoms with Gasteiger partial charge in [0.05, 0.1) is 0 Å². The van der Waals surface area contributed by atoms with Gasteiger partial charge in [0.25, 0.3) is 5.91 Å². The lowest BCUT2D eigenvalue weighted by Gasteiger charge is -2.61. The minimum Gasteiger partial charge on any atom is -0.443 e. The highest BCUT2D eigenvalue weighted by Crippen LogP contribution is 2.59. The van der Waals surface area contributed by atoms with Gasteiger partial charge in [-0.2, -0.15) is 0 Å². The second kappa shape index (κ2) is 5.94. The van der Waals surface area contributed by atoms with Gasteiger partial charge in [-0.3, -0.25) is 4.79 Å². The number of amides is 2. The lowest BCUT2D eigenvalue weighted by molar-refractivity contribution is -0.141. The molecule has 2 unspecified atom stereocenters. The Balaban J connectivity index is 1.34. The zero-order valence-electron chi connectivity index (χ0n) is 15.8. The fourth-order valence-corrected chi connectivity index (χ4v) is 6.04. The molecule has 6 heteroatoms. The molecule has 5 aliphatic rings. The van der Waals surface area contributed by atoms with Gasteiger partial charge in [0, 0.05) is 23.7 Å². The standard InChI is InChI=1S/C21H27N3O3/c1-13-3-2-4-17(22-13)18(25)24-20-8-14-7-15(9-20)11-21(10-14,12-20)27-19(26)23-16-5-6-16/h2-4,14-16H,5-12H2,1H3,(H,23,26)(H,24,25). The van der Waals surface area contributed by atoms with Crippen molar-refractivity contribution < 1.29 is 14.3 Å². The lowest BCUT2D eigenvalue weighted by atomic mass is 9.51. The third kappa shape index (κ3) is 3.30. The summed E-state index contributed by atoms with van der Waals surface area (Å²) in [4.78, 5) is 29.6. The van der Waals surface area contributed by atoms with Crippen LogP contribution in [-0.2, 0) is 4.74 Å². The predicted molar refractivity (Wildman–Crippen MR) is 99.2 cm³/mol. The number of nitrogens with zero attached hydrogens (tertiary/aromatic N) is 1. The van der Waals surface area contributed by atoms with Crippen LogP contribution in [0.25, 0.3) is 0 Å². The third-order valence-corrected chi connectivity index (χ3v) is 6.72. The summed E-state index contributed by atoms with van der Waals surface area (Å²) >= 11 is 0. The van der Waals surface area contributed by atoms with Gasteiger partial charge in [-0.25, -0.2) is 9.78 Å². The molecule has 5 fully saturated rings. The smallest absolute Gasteiger partial charge is 0.407 e. The van der Waals surface area contributed by atoms with Crippen LogP contribution in [0.2, 0.25) is 0 Å². The Hall–Kier alpha value is -2.11. The summed E-state index contributed by atoms with van der Waals surface area (Å²) in [6.45, 7) is 1.89. The molecule has 4 bridgehead atoms. The minimum atomic E-state index is -0.420. The third-order valence-electron chi connectivity index (χ3n) is 6.72. The van der Waals surface area contributed by atoms with Crippen LogP contribution in [0.4, 0.5) is 4.79 Å². The number of pyridine rings is 1. The molecule has 5 saturated carbocycles. The molecule has 0 saturated heterocycles. The maximum Gasteiger partial charge on any atom is 0.407 e. The zero-order valence-corrected chi connectivity index (χ0v) is 15.8. The van der Waals surface area contributed by atoms with Crippen molar-refractivity contribution in [2.75, 3.05) is 0 Å². The number of hydrogen-bond donors (Lipinski definition) is 2. The summed E-state index contributed by atoms with van der Waals surface area (Å²) in [6.07, 6.45) is 7.57. The van der Waals surface area contributed by atoms with Gasteiger partial charge in [0.15, 0.2) is 0 Å². The van der Waals surface area contributed by atoms with Crippen molar-refractivity contribution in [1.82, 2.24) is 15.6 Å². The zero-order chi connectivity index (χ0) is 18.6. The van der Waals surface area contributed by atoms with E-state index in [2.05, 4.69) is 15.6 Å². The first-order valence-electron chi connectivity index (χ1n) is 10.2. The van der Waals surface area contributed by atoms with E-state index in [1.165, 1.54) is 6.42 Å². The molecule has 6 nitrogen and oxygen atoms in total. The Labute approximate surface area is 159 Å². The number of aryl methyl sites for hydroxylation is 1. The van der Waals surface area contributed by atoms with Crippen LogP contribution in [0.5, 0.6) is 0 Å². The summed E-state index contributed by atoms with van der Waals surface area (Å²) in [7, 11) is 0. The molecule has 27 heavy (non-hydrogen) atoms. The molecule has 6 rings (SSSR count). The van der Waals surface area contributed by atoms with Crippen molar-refractivity contribution in [2.45, 2.75) is 75.5 Å². The van der Waals surface area contributed by atoms with Crippen molar-refractivity contribution in [3.05, 3.63) is 29.6 Å². The first-order valence-corrected chi connectivity index (χ1v) is 10.2. The second-order valence-electron chi connectivity index (χ2n) is 9.35. The van der Waals surface area contributed by atoms with E-state index in [0.29, 0.717) is 23.6 Å². The molecule has 0 radical (unpaired) electrons. The molecule has 2 N–H and O–H groups in total. The van der Waals surface area contributed by atoms with Crippen molar-refractivity contribution in [2.24, 2.45) is 11.8 Å². The van der Waals surface area contributed by atoms with Gasteiger partial charge >= 0.3 is 6.09 Å². The van der Waals surface area contributed by atoms with Crippen LogP contribution in [0, 0.1) is 18.8 Å². The van der Waals surface area contributed by atoms with Crippen molar-refractivity contribution in [3.63, 3.8) is 0 Å². The summed E-state index contributed by atoms with van der Waals surface area (Å²) in [5.41, 5.74) is 0.611. The summed E-state index contributed by atoms with van der Waals surface area (Å²) in [6, 6.07) is 5.82. The van der Waals surface area contributed by atoms with Crippen LogP contribution in [0.3, 0.4) is 0 Å². The highest BCUT2D eigenvalue weighted by atomic mass is 16.6. The highest BCUT2D eigenvalue weighted by molar-refractivity contribution is 5.92. The van der Waals surface area contributed by atoms with E-state index >= 15 is 0 Å². The van der Waals surface area contributed by atoms with Gasteiger partial charge in [0.2, 0.25) is 0 Å². The molecule has 1 aromatic heterocycles. The van der Waals surface area contributed by atoms with Crippen LogP contribution in [0.15, 0.2) is 18.2 Å². The molecule has 2 amide bonds. The van der Waals surface area contributed by atoms with Crippen molar-refractivity contribution in [3.8, 4) is 0 Å². The Bertz CT molecular complexity index is 775. The summed E-state index contributed by atoms with van der Waals surface area (Å²) in [5.74, 6) is 0.926. The number of nitrogens with one attached hydrogen (secondary N) is 2. The molecule has 0 aromatic carbocycles. The van der Waals surface area contributed by atoms with E-state index in [4.69, 9.17) is 4.74 Å². The van der Waals surface area contributed by atoms with Gasteiger partial charge in [-0.05, 0) is 75.8 Å². The van der Waals surface area contributed by atoms with Crippen LogP contribution >= 0.6 is 0 Å². The average molecular weight is 369 g/mol. The Morgan fingerprint density at radius 1 is 1.15 bits per heavy atom. The van der Waals surface area contributed by atoms with E-state index < -0.39 is 5.60 Å². The van der Waals surface area contributed by atoms with E-state index in [1.807, 2.05) is 19.1 Å². The molecule has 5 aliphatic carbocycles. The fourth-order valence-electron chi connectivity index (χ4n) is 6.04. The minimum absolute atomic E-state index is 0.113. The number of aromatic nitrogens is 1. The van der Waals surface area contributed by atoms with Gasteiger partial charge in [0.1, 0.15) is 11.3 Å². The molecule has 0 aliphatic heterocycles. The second-order valence-corrected chi connectivity index (χ2v) is 9.35. The van der Waals surface area contributed by atoms with Crippen LogP contribution in [0.1, 0.15) is 67.5 Å². The SMILES string of the molecule is Cc1cccc(C(=O)NC23CC4CC(C2)CC(OC(=O)NC2CC2)(C4)C3)n1. The van der Waals surface area contributed by atoms with Gasteiger partial charge in [-0.1, -0.05) is 6.07 Å². The number of carbonyl (C=O) groups excluding carboxylic acids is 2. The Kier molecular flexibility index (Phi) is 3.75. The molecule has 0 spiro atoms. The molecule has 1 heterocycles. The normalized spacial score (nSPS) is 36.3. The number of ether oxygens (including phenoxy) is 1. The van der Waals surface area contributed by atoms with E-state index in [0.717, 1.165) is 50.6 Å². The lowest BCUT2D eigenvalue weighted by Crippen LogP contribution is -2.66. The molecule has 144 valence electrons. The first-order chi connectivity index (χ1) is 12.9. The van der Waals surface area contributed by atoms with Gasteiger partial charge < -0.3 is 15.4 Å². The largest absolute Gasteiger partial charge is 0.443 e. The quantitative estimate of drug-likeness (QED) is 0.855. The highest BCUT2D eigenvalue weighted by Gasteiger charge is 2.60. The topological polar surface area (TPSA) is 80.3 Å². The van der Waals surface area contributed by atoms with E-state index in [9.17, 15) is 9.59 Å². The predicted octanol–water partition coefficient (Wildman–Crippen LogP) is 3.10. The van der Waals surface area contributed by atoms with E-state index in [1.54, 1.807) is 6.07 Å². The number of alkyl carbamates (subject to hydrolysis) is 1. The summed E-state index contributed by atoms with van der Waals surface area (Å²) < 4.78 is 6.02. The van der Waals surface area contributed by atoms with E-state index in [-0.39, 0.29) is 17.5 Å². The van der Waals surface area contributed by atoms with Crippen LogP contribution in [-0.4, -0.2) is 34.2 Å². The number of hydrogen-bond acceptors (Lipinski definition) is 4. The monoisotopic (exact) mass is 369 g/mol. The molecule has 1 aromatic rings. The maximum atomic E-state index is 12.9. The summed E-state index contributed by atoms with van der Waals surface area (Å²) in [5, 5.41) is 6.26. The first kappa shape index (κ1) is 17.0. The Morgan fingerprint density at radius 2 is 1.89 bits per heavy atom.